The van der Waals surface area contributed by atoms with Crippen LogP contribution in [0.15, 0.2) is 18.2 Å². The molecule has 0 aromatic heterocycles. The van der Waals surface area contributed by atoms with Gasteiger partial charge < -0.3 is 10.8 Å². The first kappa shape index (κ1) is 14.4. The summed E-state index contributed by atoms with van der Waals surface area (Å²) in [6.45, 7) is 5.47. The number of aromatic hydroxyl groups is 1. The maximum absolute atomic E-state index is 13.6. The Hall–Kier alpha value is -1.62. The molecule has 0 saturated carbocycles. The zero-order chi connectivity index (χ0) is 13.9. The van der Waals surface area contributed by atoms with Crippen LogP contribution in [0.1, 0.15) is 32.4 Å². The highest BCUT2D eigenvalue weighted by Crippen LogP contribution is 2.22. The van der Waals surface area contributed by atoms with E-state index in [1.807, 2.05) is 13.8 Å². The Morgan fingerprint density at radius 3 is 2.44 bits per heavy atom. The van der Waals surface area contributed by atoms with Crippen LogP contribution in [0, 0.1) is 11.7 Å². The second kappa shape index (κ2) is 5.82. The Morgan fingerprint density at radius 1 is 1.39 bits per heavy atom. The molecule has 0 aliphatic carbocycles. The molecule has 1 aromatic rings. The maximum atomic E-state index is 13.6. The molecule has 1 amide bonds. The smallest absolute Gasteiger partial charge is 0.234 e. The van der Waals surface area contributed by atoms with Crippen molar-refractivity contribution in [3.8, 4) is 5.75 Å². The van der Waals surface area contributed by atoms with Gasteiger partial charge >= 0.3 is 0 Å². The number of carbonyl (C=O) groups is 1. The number of rotatable bonds is 5. The van der Waals surface area contributed by atoms with Gasteiger partial charge in [0.05, 0.1) is 6.04 Å². The van der Waals surface area contributed by atoms with Gasteiger partial charge in [0.1, 0.15) is 11.6 Å². The Labute approximate surface area is 106 Å². The lowest BCUT2D eigenvalue weighted by atomic mass is 10.0. The van der Waals surface area contributed by atoms with E-state index in [1.54, 1.807) is 6.92 Å². The standard InChI is InChI=1S/C13H19FN2O2/c1-7(2)12(13(15)18)16-8(3)10-5-4-9(17)6-11(10)14/h4-8,12,16-17H,1-3H3,(H2,15,18). The van der Waals surface area contributed by atoms with Crippen molar-refractivity contribution in [1.82, 2.24) is 5.32 Å². The Morgan fingerprint density at radius 2 is 2.00 bits per heavy atom. The van der Waals surface area contributed by atoms with Crippen LogP contribution in [0.25, 0.3) is 0 Å². The van der Waals surface area contributed by atoms with Crippen molar-refractivity contribution in [2.24, 2.45) is 11.7 Å². The lowest BCUT2D eigenvalue weighted by molar-refractivity contribution is -0.121. The quantitative estimate of drug-likeness (QED) is 0.748. The number of hydrogen-bond donors (Lipinski definition) is 3. The minimum absolute atomic E-state index is 0.0186. The summed E-state index contributed by atoms with van der Waals surface area (Å²) in [4.78, 5) is 11.3. The number of nitrogens with two attached hydrogens (primary N) is 1. The number of benzene rings is 1. The number of halogens is 1. The molecule has 18 heavy (non-hydrogen) atoms. The number of phenolic OH excluding ortho intramolecular Hbond substituents is 1. The second-order valence-corrected chi connectivity index (χ2v) is 4.72. The molecular weight excluding hydrogens is 235 g/mol. The monoisotopic (exact) mass is 254 g/mol. The molecule has 4 N–H and O–H groups in total. The highest BCUT2D eigenvalue weighted by Gasteiger charge is 2.23. The van der Waals surface area contributed by atoms with Crippen LogP contribution in [0.2, 0.25) is 0 Å². The van der Waals surface area contributed by atoms with E-state index in [0.717, 1.165) is 6.07 Å². The van der Waals surface area contributed by atoms with E-state index < -0.39 is 17.8 Å². The van der Waals surface area contributed by atoms with Crippen molar-refractivity contribution in [2.45, 2.75) is 32.9 Å². The summed E-state index contributed by atoms with van der Waals surface area (Å²) in [5.41, 5.74) is 5.68. The largest absolute Gasteiger partial charge is 0.508 e. The van der Waals surface area contributed by atoms with Gasteiger partial charge in [0.15, 0.2) is 0 Å². The predicted molar refractivity (Wildman–Crippen MR) is 67.4 cm³/mol. The average Bonchev–Trinajstić information content (AvgIpc) is 2.24. The summed E-state index contributed by atoms with van der Waals surface area (Å²) in [5.74, 6) is -1.08. The first-order chi connectivity index (χ1) is 8.32. The van der Waals surface area contributed by atoms with Gasteiger partial charge in [-0.05, 0) is 18.9 Å². The van der Waals surface area contributed by atoms with E-state index >= 15 is 0 Å². The van der Waals surface area contributed by atoms with Crippen molar-refractivity contribution < 1.29 is 14.3 Å². The molecule has 5 heteroatoms. The van der Waals surface area contributed by atoms with Gasteiger partial charge in [-0.3, -0.25) is 10.1 Å². The van der Waals surface area contributed by atoms with Gasteiger partial charge in [-0.15, -0.1) is 0 Å². The fourth-order valence-electron chi connectivity index (χ4n) is 1.83. The topological polar surface area (TPSA) is 75.3 Å². The molecular formula is C13H19FN2O2. The minimum atomic E-state index is -0.520. The molecule has 0 saturated heterocycles. The lowest BCUT2D eigenvalue weighted by Gasteiger charge is -2.24. The van der Waals surface area contributed by atoms with E-state index in [9.17, 15) is 9.18 Å². The molecule has 0 aliphatic heterocycles. The summed E-state index contributed by atoms with van der Waals surface area (Å²) >= 11 is 0. The van der Waals surface area contributed by atoms with E-state index in [0.29, 0.717) is 5.56 Å². The van der Waals surface area contributed by atoms with Crippen molar-refractivity contribution in [2.75, 3.05) is 0 Å². The van der Waals surface area contributed by atoms with Crippen LogP contribution >= 0.6 is 0 Å². The van der Waals surface area contributed by atoms with Crippen LogP contribution < -0.4 is 11.1 Å². The summed E-state index contributed by atoms with van der Waals surface area (Å²) in [6, 6.07) is 3.05. The average molecular weight is 254 g/mol. The van der Waals surface area contributed by atoms with Gasteiger partial charge in [-0.1, -0.05) is 19.9 Å². The molecule has 0 aliphatic rings. The first-order valence-electron chi connectivity index (χ1n) is 5.86. The Bertz CT molecular complexity index is 435. The van der Waals surface area contributed by atoms with Crippen LogP contribution in [-0.4, -0.2) is 17.1 Å². The number of hydrogen-bond acceptors (Lipinski definition) is 3. The van der Waals surface area contributed by atoms with Crippen molar-refractivity contribution >= 4 is 5.91 Å². The minimum Gasteiger partial charge on any atom is -0.508 e. The number of primary amides is 1. The van der Waals surface area contributed by atoms with E-state index in [4.69, 9.17) is 10.8 Å². The van der Waals surface area contributed by atoms with Crippen LogP contribution in [-0.2, 0) is 4.79 Å². The molecule has 0 heterocycles. The molecule has 1 aromatic carbocycles. The number of carbonyl (C=O) groups excluding carboxylic acids is 1. The van der Waals surface area contributed by atoms with Gasteiger partial charge in [-0.2, -0.15) is 0 Å². The molecule has 1 rings (SSSR count). The Kier molecular flexibility index (Phi) is 4.67. The number of amides is 1. The molecule has 0 radical (unpaired) electrons. The fourth-order valence-corrected chi connectivity index (χ4v) is 1.83. The normalized spacial score (nSPS) is 14.5. The van der Waals surface area contributed by atoms with Gasteiger partial charge in [-0.25, -0.2) is 4.39 Å². The summed E-state index contributed by atoms with van der Waals surface area (Å²) in [5, 5.41) is 12.1. The third-order valence-electron chi connectivity index (χ3n) is 2.85. The van der Waals surface area contributed by atoms with E-state index in [2.05, 4.69) is 5.32 Å². The molecule has 100 valence electrons. The van der Waals surface area contributed by atoms with Gasteiger partial charge in [0.25, 0.3) is 0 Å². The molecule has 2 atom stereocenters. The van der Waals surface area contributed by atoms with E-state index in [-0.39, 0.29) is 17.7 Å². The molecule has 0 bridgehead atoms. The highest BCUT2D eigenvalue weighted by atomic mass is 19.1. The van der Waals surface area contributed by atoms with Gasteiger partial charge in [0.2, 0.25) is 5.91 Å². The lowest BCUT2D eigenvalue weighted by Crippen LogP contribution is -2.46. The molecule has 0 spiro atoms. The summed E-state index contributed by atoms with van der Waals surface area (Å²) < 4.78 is 13.6. The van der Waals surface area contributed by atoms with Crippen molar-refractivity contribution in [3.63, 3.8) is 0 Å². The molecule has 0 fully saturated rings. The van der Waals surface area contributed by atoms with Crippen LogP contribution in [0.5, 0.6) is 5.75 Å². The fraction of sp³-hybridized carbons (Fsp3) is 0.462. The van der Waals surface area contributed by atoms with Crippen molar-refractivity contribution in [3.05, 3.63) is 29.6 Å². The maximum Gasteiger partial charge on any atom is 0.234 e. The highest BCUT2D eigenvalue weighted by molar-refractivity contribution is 5.80. The zero-order valence-corrected chi connectivity index (χ0v) is 10.8. The van der Waals surface area contributed by atoms with Crippen molar-refractivity contribution in [1.29, 1.82) is 0 Å². The first-order valence-corrected chi connectivity index (χ1v) is 5.86. The number of nitrogens with one attached hydrogen (secondary N) is 1. The predicted octanol–water partition coefficient (Wildman–Crippen LogP) is 1.69. The third kappa shape index (κ3) is 3.43. The summed E-state index contributed by atoms with van der Waals surface area (Å²) in [6.07, 6.45) is 0. The van der Waals surface area contributed by atoms with Crippen LogP contribution in [0.3, 0.4) is 0 Å². The number of phenols is 1. The summed E-state index contributed by atoms with van der Waals surface area (Å²) in [7, 11) is 0. The molecule has 2 unspecified atom stereocenters. The van der Waals surface area contributed by atoms with E-state index in [1.165, 1.54) is 12.1 Å². The van der Waals surface area contributed by atoms with Gasteiger partial charge in [0, 0.05) is 17.7 Å². The molecule has 4 nitrogen and oxygen atoms in total. The second-order valence-electron chi connectivity index (χ2n) is 4.72. The zero-order valence-electron chi connectivity index (χ0n) is 10.8. The van der Waals surface area contributed by atoms with Crippen LogP contribution in [0.4, 0.5) is 4.39 Å². The Balaban J connectivity index is 2.87. The third-order valence-corrected chi connectivity index (χ3v) is 2.85. The SMILES string of the molecule is CC(NC(C(N)=O)C(C)C)c1ccc(O)cc1F.